The van der Waals surface area contributed by atoms with Crippen molar-refractivity contribution in [3.63, 3.8) is 0 Å². The first-order valence-corrected chi connectivity index (χ1v) is 8.28. The van der Waals surface area contributed by atoms with E-state index in [1.54, 1.807) is 6.07 Å². The molecule has 1 fully saturated rings. The lowest BCUT2D eigenvalue weighted by Crippen LogP contribution is -2.58. The maximum absolute atomic E-state index is 12.1. The van der Waals surface area contributed by atoms with Crippen LogP contribution in [0.25, 0.3) is 0 Å². The number of rotatable bonds is 5. The number of carbonyl (C=O) groups excluding carboxylic acids is 1. The first-order chi connectivity index (χ1) is 10.5. The van der Waals surface area contributed by atoms with E-state index < -0.39 is 0 Å². The fourth-order valence-electron chi connectivity index (χ4n) is 3.02. The highest BCUT2D eigenvalue weighted by Gasteiger charge is 2.48. The second-order valence-corrected chi connectivity index (χ2v) is 7.35. The SMILES string of the molecule is CC1(C)[C@H](Cc2cc(CO)on2)C[C@@H]1NC(=O)c1cccs1. The van der Waals surface area contributed by atoms with E-state index in [-0.39, 0.29) is 24.0 Å². The van der Waals surface area contributed by atoms with Crippen LogP contribution in [0, 0.1) is 11.3 Å². The van der Waals surface area contributed by atoms with Crippen molar-refractivity contribution in [2.45, 2.75) is 39.3 Å². The van der Waals surface area contributed by atoms with Gasteiger partial charge in [0.25, 0.3) is 5.91 Å². The number of thiophene rings is 1. The Morgan fingerprint density at radius 3 is 3.00 bits per heavy atom. The van der Waals surface area contributed by atoms with Gasteiger partial charge in [-0.05, 0) is 35.6 Å². The fourth-order valence-corrected chi connectivity index (χ4v) is 3.65. The first kappa shape index (κ1) is 15.2. The predicted molar refractivity (Wildman–Crippen MR) is 83.6 cm³/mol. The molecular weight excluding hydrogens is 300 g/mol. The molecule has 2 aromatic rings. The number of nitrogens with one attached hydrogen (secondary N) is 1. The zero-order valence-corrected chi connectivity index (χ0v) is 13.5. The number of hydrogen-bond donors (Lipinski definition) is 2. The Labute approximate surface area is 133 Å². The van der Waals surface area contributed by atoms with Gasteiger partial charge >= 0.3 is 0 Å². The van der Waals surface area contributed by atoms with E-state index in [0.29, 0.717) is 11.7 Å². The van der Waals surface area contributed by atoms with Gasteiger partial charge in [0.05, 0.1) is 10.6 Å². The zero-order valence-electron chi connectivity index (χ0n) is 12.7. The zero-order chi connectivity index (χ0) is 15.7. The summed E-state index contributed by atoms with van der Waals surface area (Å²) in [6.07, 6.45) is 1.74. The fraction of sp³-hybridized carbons (Fsp3) is 0.500. The summed E-state index contributed by atoms with van der Waals surface area (Å²) in [6, 6.07) is 5.71. The second kappa shape index (κ2) is 5.85. The molecule has 5 nitrogen and oxygen atoms in total. The lowest BCUT2D eigenvalue weighted by Gasteiger charge is -2.52. The minimum absolute atomic E-state index is 0.00975. The Morgan fingerprint density at radius 1 is 1.59 bits per heavy atom. The van der Waals surface area contributed by atoms with Gasteiger partial charge in [-0.15, -0.1) is 11.3 Å². The topological polar surface area (TPSA) is 75.4 Å². The third-order valence-corrected chi connectivity index (χ3v) is 5.61. The van der Waals surface area contributed by atoms with E-state index in [1.807, 2.05) is 17.5 Å². The third-order valence-electron chi connectivity index (χ3n) is 4.74. The van der Waals surface area contributed by atoms with Gasteiger partial charge < -0.3 is 14.9 Å². The summed E-state index contributed by atoms with van der Waals surface area (Å²) in [5, 5.41) is 18.0. The standard InChI is InChI=1S/C16H20N2O3S/c1-16(2)10(6-11-8-12(9-19)21-18-11)7-14(16)17-15(20)13-4-3-5-22-13/h3-5,8,10,14,19H,6-7,9H2,1-2H3,(H,17,20)/t10-,14+/m1/s1. The van der Waals surface area contributed by atoms with Crippen LogP contribution in [0.2, 0.25) is 0 Å². The summed E-state index contributed by atoms with van der Waals surface area (Å²) >= 11 is 1.46. The van der Waals surface area contributed by atoms with E-state index in [9.17, 15) is 4.79 Å². The predicted octanol–water partition coefficient (Wildman–Crippen LogP) is 2.62. The van der Waals surface area contributed by atoms with Gasteiger partial charge in [-0.1, -0.05) is 25.1 Å². The molecule has 3 rings (SSSR count). The second-order valence-electron chi connectivity index (χ2n) is 6.40. The van der Waals surface area contributed by atoms with Crippen molar-refractivity contribution in [3.05, 3.63) is 39.9 Å². The molecule has 0 unspecified atom stereocenters. The smallest absolute Gasteiger partial charge is 0.261 e. The highest BCUT2D eigenvalue weighted by molar-refractivity contribution is 7.12. The molecular formula is C16H20N2O3S. The maximum atomic E-state index is 12.1. The Kier molecular flexibility index (Phi) is 4.06. The average molecular weight is 320 g/mol. The van der Waals surface area contributed by atoms with Crippen molar-refractivity contribution >= 4 is 17.2 Å². The molecule has 22 heavy (non-hydrogen) atoms. The number of carbonyl (C=O) groups is 1. The molecule has 2 aromatic heterocycles. The molecule has 0 spiro atoms. The van der Waals surface area contributed by atoms with Crippen LogP contribution in [0.15, 0.2) is 28.1 Å². The monoisotopic (exact) mass is 320 g/mol. The summed E-state index contributed by atoms with van der Waals surface area (Å²) in [5.41, 5.74) is 0.885. The van der Waals surface area contributed by atoms with Gasteiger partial charge in [0.2, 0.25) is 0 Å². The van der Waals surface area contributed by atoms with Gasteiger partial charge in [-0.3, -0.25) is 4.79 Å². The third kappa shape index (κ3) is 2.80. The van der Waals surface area contributed by atoms with Crippen molar-refractivity contribution in [3.8, 4) is 0 Å². The summed E-state index contributed by atoms with van der Waals surface area (Å²) in [4.78, 5) is 12.9. The van der Waals surface area contributed by atoms with E-state index in [1.165, 1.54) is 11.3 Å². The first-order valence-electron chi connectivity index (χ1n) is 7.40. The lowest BCUT2D eigenvalue weighted by molar-refractivity contribution is 0.0139. The molecule has 0 radical (unpaired) electrons. The summed E-state index contributed by atoms with van der Waals surface area (Å²) in [5.74, 6) is 0.947. The van der Waals surface area contributed by atoms with Gasteiger partial charge in [-0.2, -0.15) is 0 Å². The van der Waals surface area contributed by atoms with E-state index in [2.05, 4.69) is 24.3 Å². The number of aromatic nitrogens is 1. The number of amides is 1. The molecule has 0 aromatic carbocycles. The molecule has 2 heterocycles. The maximum Gasteiger partial charge on any atom is 0.261 e. The molecule has 1 amide bonds. The molecule has 2 atom stereocenters. The van der Waals surface area contributed by atoms with E-state index in [0.717, 1.165) is 23.4 Å². The van der Waals surface area contributed by atoms with Gasteiger partial charge in [0, 0.05) is 12.1 Å². The summed E-state index contributed by atoms with van der Waals surface area (Å²) in [7, 11) is 0. The van der Waals surface area contributed by atoms with Crippen LogP contribution in [0.4, 0.5) is 0 Å². The number of aliphatic hydroxyl groups is 1. The van der Waals surface area contributed by atoms with Crippen molar-refractivity contribution < 1.29 is 14.4 Å². The summed E-state index contributed by atoms with van der Waals surface area (Å²) in [6.45, 7) is 4.22. The molecule has 6 heteroatoms. The van der Waals surface area contributed by atoms with E-state index in [4.69, 9.17) is 9.63 Å². The number of aliphatic hydroxyl groups excluding tert-OH is 1. The van der Waals surface area contributed by atoms with Crippen molar-refractivity contribution in [2.75, 3.05) is 0 Å². The average Bonchev–Trinajstić information content (AvgIpc) is 3.17. The Hall–Kier alpha value is -1.66. The minimum atomic E-state index is -0.124. The van der Waals surface area contributed by atoms with Gasteiger partial charge in [-0.25, -0.2) is 0 Å². The number of hydrogen-bond acceptors (Lipinski definition) is 5. The Morgan fingerprint density at radius 2 is 2.41 bits per heavy atom. The molecule has 1 saturated carbocycles. The number of nitrogens with zero attached hydrogens (tertiary/aromatic N) is 1. The minimum Gasteiger partial charge on any atom is -0.388 e. The van der Waals surface area contributed by atoms with Crippen LogP contribution in [0.3, 0.4) is 0 Å². The largest absolute Gasteiger partial charge is 0.388 e. The highest BCUT2D eigenvalue weighted by Crippen LogP contribution is 2.47. The van der Waals surface area contributed by atoms with Crippen molar-refractivity contribution in [2.24, 2.45) is 11.3 Å². The summed E-state index contributed by atoms with van der Waals surface area (Å²) < 4.78 is 5.02. The van der Waals surface area contributed by atoms with Crippen molar-refractivity contribution in [1.82, 2.24) is 10.5 Å². The quantitative estimate of drug-likeness (QED) is 0.888. The Balaban J connectivity index is 1.58. The van der Waals surface area contributed by atoms with Gasteiger partial charge in [0.1, 0.15) is 6.61 Å². The molecule has 1 aliphatic carbocycles. The molecule has 0 aliphatic heterocycles. The molecule has 118 valence electrons. The van der Waals surface area contributed by atoms with Crippen molar-refractivity contribution in [1.29, 1.82) is 0 Å². The highest BCUT2D eigenvalue weighted by atomic mass is 32.1. The molecule has 2 N–H and O–H groups in total. The molecule has 0 saturated heterocycles. The van der Waals surface area contributed by atoms with Crippen LogP contribution in [-0.4, -0.2) is 22.2 Å². The molecule has 1 aliphatic rings. The van der Waals surface area contributed by atoms with Crippen LogP contribution in [-0.2, 0) is 13.0 Å². The van der Waals surface area contributed by atoms with Crippen LogP contribution >= 0.6 is 11.3 Å². The molecule has 0 bridgehead atoms. The van der Waals surface area contributed by atoms with Gasteiger partial charge in [0.15, 0.2) is 5.76 Å². The van der Waals surface area contributed by atoms with E-state index >= 15 is 0 Å². The normalized spacial score (nSPS) is 23.0. The van der Waals surface area contributed by atoms with Crippen LogP contribution < -0.4 is 5.32 Å². The lowest BCUT2D eigenvalue weighted by atomic mass is 9.57. The van der Waals surface area contributed by atoms with Crippen LogP contribution in [0.5, 0.6) is 0 Å². The van der Waals surface area contributed by atoms with Crippen LogP contribution in [0.1, 0.15) is 41.4 Å². The Bertz CT molecular complexity index is 648.